The van der Waals surface area contributed by atoms with E-state index in [1.165, 1.54) is 0 Å². The summed E-state index contributed by atoms with van der Waals surface area (Å²) in [7, 11) is 0. The third kappa shape index (κ3) is 3.27. The van der Waals surface area contributed by atoms with Crippen LogP contribution in [-0.4, -0.2) is 28.2 Å². The van der Waals surface area contributed by atoms with Gasteiger partial charge in [-0.05, 0) is 12.8 Å². The first-order chi connectivity index (χ1) is 8.60. The Balaban J connectivity index is 2.78. The molecule has 1 aromatic heterocycles. The number of hydrogen-bond acceptors (Lipinski definition) is 6. The van der Waals surface area contributed by atoms with Gasteiger partial charge in [-0.25, -0.2) is 15.2 Å². The largest absolute Gasteiger partial charge is 0.396 e. The lowest BCUT2D eigenvalue weighted by Gasteiger charge is -2.29. The molecule has 0 aliphatic rings. The molecule has 0 amide bonds. The molecule has 0 aliphatic carbocycles. The lowest BCUT2D eigenvalue weighted by atomic mass is 9.83. The number of aliphatic hydroxyl groups is 1. The third-order valence-electron chi connectivity index (χ3n) is 3.34. The van der Waals surface area contributed by atoms with E-state index in [4.69, 9.17) is 5.84 Å². The molecule has 1 heterocycles. The zero-order chi connectivity index (χ0) is 13.6. The quantitative estimate of drug-likeness (QED) is 0.432. The van der Waals surface area contributed by atoms with Crippen LogP contribution in [0.5, 0.6) is 0 Å². The summed E-state index contributed by atoms with van der Waals surface area (Å²) in [5.74, 6) is 4.84. The molecule has 1 rings (SSSR count). The van der Waals surface area contributed by atoms with Crippen molar-refractivity contribution in [2.75, 3.05) is 23.9 Å². The molecule has 18 heavy (non-hydrogen) atoms. The van der Waals surface area contributed by atoms with Crippen LogP contribution in [0, 0.1) is 11.2 Å². The van der Waals surface area contributed by atoms with Crippen LogP contribution in [0.1, 0.15) is 26.7 Å². The second-order valence-corrected chi connectivity index (χ2v) is 4.25. The van der Waals surface area contributed by atoms with E-state index in [-0.39, 0.29) is 23.8 Å². The van der Waals surface area contributed by atoms with E-state index >= 15 is 0 Å². The molecule has 0 spiro atoms. The van der Waals surface area contributed by atoms with Gasteiger partial charge in [-0.2, -0.15) is 4.98 Å². The number of aliphatic hydroxyl groups excluding tert-OH is 1. The molecule has 102 valence electrons. The van der Waals surface area contributed by atoms with E-state index in [1.807, 2.05) is 13.8 Å². The van der Waals surface area contributed by atoms with Gasteiger partial charge >= 0.3 is 0 Å². The number of nitrogens with zero attached hydrogens (tertiary/aromatic N) is 2. The number of aromatic nitrogens is 2. The van der Waals surface area contributed by atoms with Crippen LogP contribution in [0.25, 0.3) is 0 Å². The van der Waals surface area contributed by atoms with Crippen LogP contribution in [0.15, 0.2) is 6.20 Å². The van der Waals surface area contributed by atoms with Crippen LogP contribution in [-0.2, 0) is 0 Å². The van der Waals surface area contributed by atoms with Crippen molar-refractivity contribution in [3.8, 4) is 0 Å². The maximum absolute atomic E-state index is 13.5. The highest BCUT2D eigenvalue weighted by atomic mass is 19.1. The number of hydrogen-bond donors (Lipinski definition) is 4. The highest BCUT2D eigenvalue weighted by molar-refractivity contribution is 5.40. The molecule has 6 nitrogen and oxygen atoms in total. The summed E-state index contributed by atoms with van der Waals surface area (Å²) < 4.78 is 13.5. The Labute approximate surface area is 106 Å². The zero-order valence-electron chi connectivity index (χ0n) is 10.7. The first-order valence-electron chi connectivity index (χ1n) is 5.94. The van der Waals surface area contributed by atoms with Crippen molar-refractivity contribution < 1.29 is 9.50 Å². The lowest BCUT2D eigenvalue weighted by Crippen LogP contribution is -2.32. The standard InChI is InChI=1S/C11H20FN5O/c1-3-11(4-2,7-18)6-15-9-8(12)5-14-10(16-9)17-13/h5,18H,3-4,6-7,13H2,1-2H3,(H2,14,15,16,17). The van der Waals surface area contributed by atoms with Gasteiger partial charge in [-0.3, -0.25) is 5.43 Å². The van der Waals surface area contributed by atoms with Gasteiger partial charge in [-0.15, -0.1) is 0 Å². The minimum Gasteiger partial charge on any atom is -0.396 e. The van der Waals surface area contributed by atoms with Gasteiger partial charge in [0.05, 0.1) is 12.8 Å². The predicted octanol–water partition coefficient (Wildman–Crippen LogP) is 1.11. The van der Waals surface area contributed by atoms with E-state index < -0.39 is 5.82 Å². The summed E-state index contributed by atoms with van der Waals surface area (Å²) in [5.41, 5.74) is 1.99. The van der Waals surface area contributed by atoms with Gasteiger partial charge in [0.1, 0.15) is 0 Å². The zero-order valence-corrected chi connectivity index (χ0v) is 10.7. The van der Waals surface area contributed by atoms with Crippen molar-refractivity contribution in [3.05, 3.63) is 12.0 Å². The Morgan fingerprint density at radius 3 is 2.61 bits per heavy atom. The Kier molecular flexibility index (Phi) is 5.24. The number of nitrogens with one attached hydrogen (secondary N) is 2. The summed E-state index contributed by atoms with van der Waals surface area (Å²) in [6.45, 7) is 4.46. The summed E-state index contributed by atoms with van der Waals surface area (Å²) in [5, 5.41) is 12.3. The number of hydrazine groups is 1. The fourth-order valence-electron chi connectivity index (χ4n) is 1.61. The second kappa shape index (κ2) is 6.46. The van der Waals surface area contributed by atoms with E-state index in [2.05, 4.69) is 20.7 Å². The van der Waals surface area contributed by atoms with Crippen molar-refractivity contribution in [3.63, 3.8) is 0 Å². The molecular formula is C11H20FN5O. The lowest BCUT2D eigenvalue weighted by molar-refractivity contribution is 0.127. The molecule has 0 unspecified atom stereocenters. The average molecular weight is 257 g/mol. The smallest absolute Gasteiger partial charge is 0.239 e. The molecule has 1 aromatic rings. The molecular weight excluding hydrogens is 237 g/mol. The van der Waals surface area contributed by atoms with Crippen molar-refractivity contribution in [2.45, 2.75) is 26.7 Å². The van der Waals surface area contributed by atoms with Gasteiger partial charge in [0.2, 0.25) is 5.95 Å². The molecule has 0 bridgehead atoms. The van der Waals surface area contributed by atoms with Crippen molar-refractivity contribution in [1.29, 1.82) is 0 Å². The Morgan fingerprint density at radius 2 is 2.11 bits per heavy atom. The van der Waals surface area contributed by atoms with E-state index in [0.717, 1.165) is 19.0 Å². The monoisotopic (exact) mass is 257 g/mol. The normalized spacial score (nSPS) is 11.4. The summed E-state index contributed by atoms with van der Waals surface area (Å²) >= 11 is 0. The van der Waals surface area contributed by atoms with Gasteiger partial charge < -0.3 is 10.4 Å². The highest BCUT2D eigenvalue weighted by Crippen LogP contribution is 2.26. The Hall–Kier alpha value is -1.47. The third-order valence-corrected chi connectivity index (χ3v) is 3.34. The van der Waals surface area contributed by atoms with Gasteiger partial charge in [-0.1, -0.05) is 13.8 Å². The molecule has 0 saturated carbocycles. The van der Waals surface area contributed by atoms with E-state index in [0.29, 0.717) is 6.54 Å². The fraction of sp³-hybridized carbons (Fsp3) is 0.636. The first-order valence-corrected chi connectivity index (χ1v) is 5.94. The number of anilines is 2. The molecule has 0 fully saturated rings. The summed E-state index contributed by atoms with van der Waals surface area (Å²) in [6, 6.07) is 0. The summed E-state index contributed by atoms with van der Waals surface area (Å²) in [6.07, 6.45) is 2.63. The predicted molar refractivity (Wildman–Crippen MR) is 68.4 cm³/mol. The van der Waals surface area contributed by atoms with Crippen LogP contribution in [0.4, 0.5) is 16.2 Å². The number of nitrogen functional groups attached to an aromatic ring is 1. The second-order valence-electron chi connectivity index (χ2n) is 4.25. The average Bonchev–Trinajstić information content (AvgIpc) is 2.42. The summed E-state index contributed by atoms with van der Waals surface area (Å²) in [4.78, 5) is 7.53. The van der Waals surface area contributed by atoms with Crippen LogP contribution < -0.4 is 16.6 Å². The molecule has 5 N–H and O–H groups in total. The van der Waals surface area contributed by atoms with Gasteiger partial charge in [0.25, 0.3) is 0 Å². The number of nitrogens with two attached hydrogens (primary N) is 1. The van der Waals surface area contributed by atoms with Gasteiger partial charge in [0.15, 0.2) is 11.6 Å². The minimum absolute atomic E-state index is 0.0434. The first kappa shape index (κ1) is 14.6. The molecule has 0 radical (unpaired) electrons. The number of rotatable bonds is 7. The van der Waals surface area contributed by atoms with Crippen LogP contribution >= 0.6 is 0 Å². The molecule has 0 atom stereocenters. The van der Waals surface area contributed by atoms with Crippen molar-refractivity contribution in [2.24, 2.45) is 11.3 Å². The topological polar surface area (TPSA) is 96.1 Å². The van der Waals surface area contributed by atoms with E-state index in [1.54, 1.807) is 0 Å². The molecule has 0 aliphatic heterocycles. The maximum Gasteiger partial charge on any atom is 0.239 e. The molecule has 0 saturated heterocycles. The van der Waals surface area contributed by atoms with Crippen molar-refractivity contribution in [1.82, 2.24) is 9.97 Å². The maximum atomic E-state index is 13.5. The Morgan fingerprint density at radius 1 is 1.44 bits per heavy atom. The van der Waals surface area contributed by atoms with Gasteiger partial charge in [0, 0.05) is 12.0 Å². The van der Waals surface area contributed by atoms with Crippen LogP contribution in [0.3, 0.4) is 0 Å². The fourth-order valence-corrected chi connectivity index (χ4v) is 1.61. The van der Waals surface area contributed by atoms with Crippen LogP contribution in [0.2, 0.25) is 0 Å². The molecule has 0 aromatic carbocycles. The highest BCUT2D eigenvalue weighted by Gasteiger charge is 2.25. The Bertz CT molecular complexity index is 375. The SMILES string of the molecule is CCC(CC)(CO)CNc1nc(NN)ncc1F. The number of halogens is 1. The van der Waals surface area contributed by atoms with E-state index in [9.17, 15) is 9.50 Å². The molecule has 7 heteroatoms. The van der Waals surface area contributed by atoms with Crippen molar-refractivity contribution >= 4 is 11.8 Å². The minimum atomic E-state index is -0.548.